The monoisotopic (exact) mass is 546 g/mol. The normalized spacial score (nSPS) is 21.7. The maximum absolute atomic E-state index is 12.4. The number of unbranched alkanes of at least 4 members (excludes halogenated alkanes) is 1. The topological polar surface area (TPSA) is 148 Å². The Morgan fingerprint density at radius 1 is 1.21 bits per heavy atom. The van der Waals surface area contributed by atoms with Gasteiger partial charge in [-0.05, 0) is 56.9 Å². The summed E-state index contributed by atoms with van der Waals surface area (Å²) < 4.78 is 5.66. The fourth-order valence-electron chi connectivity index (χ4n) is 4.74. The zero-order chi connectivity index (χ0) is 28.5. The minimum atomic E-state index is -0.902. The van der Waals surface area contributed by atoms with Crippen LogP contribution in [0.4, 0.5) is 0 Å². The lowest BCUT2D eigenvalue weighted by molar-refractivity contribution is -0.757. The third-order valence-corrected chi connectivity index (χ3v) is 6.75. The first-order valence-corrected chi connectivity index (χ1v) is 13.8. The van der Waals surface area contributed by atoms with Crippen molar-refractivity contribution in [1.82, 2.24) is 5.32 Å². The van der Waals surface area contributed by atoms with Gasteiger partial charge in [-0.15, -0.1) is 10.1 Å². The molecule has 0 bridgehead atoms. The van der Waals surface area contributed by atoms with Crippen LogP contribution in [0.15, 0.2) is 54.6 Å². The third kappa shape index (κ3) is 12.9. The molecule has 0 heterocycles. The predicted octanol–water partition coefficient (Wildman–Crippen LogP) is 3.69. The molecule has 1 aliphatic rings. The molecule has 0 radical (unpaired) electrons. The van der Waals surface area contributed by atoms with Crippen LogP contribution < -0.4 is 5.32 Å². The number of allylic oxidation sites excluding steroid dienone is 2. The summed E-state index contributed by atoms with van der Waals surface area (Å²) in [5.74, 6) is -0.991. The SMILES string of the molecule is CCNC(=O)CCC/C=C\C[C@@H]1[C@@H](/C=C/[C@@H](O)CCc2ccccc2)[C@H](OC(=O)CCCO[N+](=O)[O-])C[C@@H]1O. The number of aliphatic hydroxyl groups excluding tert-OH is 2. The van der Waals surface area contributed by atoms with E-state index in [0.717, 1.165) is 18.4 Å². The molecule has 2 rings (SSSR count). The third-order valence-electron chi connectivity index (χ3n) is 6.75. The van der Waals surface area contributed by atoms with Crippen LogP contribution in [-0.4, -0.2) is 58.6 Å². The molecule has 216 valence electrons. The van der Waals surface area contributed by atoms with Crippen molar-refractivity contribution >= 4 is 11.9 Å². The average molecular weight is 547 g/mol. The summed E-state index contributed by atoms with van der Waals surface area (Å²) >= 11 is 0. The summed E-state index contributed by atoms with van der Waals surface area (Å²) in [5, 5.41) is 33.5. The molecule has 1 fully saturated rings. The lowest BCUT2D eigenvalue weighted by atomic mass is 9.89. The molecule has 0 spiro atoms. The first-order chi connectivity index (χ1) is 18.8. The second-order valence-corrected chi connectivity index (χ2v) is 9.76. The van der Waals surface area contributed by atoms with E-state index in [4.69, 9.17) is 4.74 Å². The second-order valence-electron chi connectivity index (χ2n) is 9.76. The van der Waals surface area contributed by atoms with Gasteiger partial charge in [0.15, 0.2) is 0 Å². The fourth-order valence-corrected chi connectivity index (χ4v) is 4.74. The minimum absolute atomic E-state index is 0.0303. The van der Waals surface area contributed by atoms with Crippen LogP contribution in [0.3, 0.4) is 0 Å². The van der Waals surface area contributed by atoms with Gasteiger partial charge in [-0.3, -0.25) is 9.59 Å². The molecule has 1 aliphatic carbocycles. The molecule has 1 saturated carbocycles. The van der Waals surface area contributed by atoms with Crippen LogP contribution in [0.1, 0.15) is 63.9 Å². The van der Waals surface area contributed by atoms with Gasteiger partial charge in [-0.1, -0.05) is 54.6 Å². The van der Waals surface area contributed by atoms with E-state index in [2.05, 4.69) is 10.2 Å². The standard InChI is InChI=1S/C29H42N2O8/c1-2-30-28(34)14-9-4-3-8-13-24-25(19-18-23(32)17-16-22-11-6-5-7-12-22)27(21-26(24)33)39-29(35)15-10-20-38-31(36)37/h3,5-8,11-12,18-19,23-27,32-33H,2,4,9-10,13-17,20-21H2,1H3,(H,30,34)/b8-3-,19-18+/t23-,24+,25+,26-,27+/m0/s1. The first kappa shape index (κ1) is 32.0. The maximum atomic E-state index is 12.4. The molecule has 3 N–H and O–H groups in total. The highest BCUT2D eigenvalue weighted by atomic mass is 16.9. The number of hydrogen-bond donors (Lipinski definition) is 3. The number of benzene rings is 1. The Morgan fingerprint density at radius 3 is 2.69 bits per heavy atom. The summed E-state index contributed by atoms with van der Waals surface area (Å²) in [5.41, 5.74) is 1.13. The summed E-state index contributed by atoms with van der Waals surface area (Å²) in [6.45, 7) is 2.30. The largest absolute Gasteiger partial charge is 0.462 e. The number of esters is 1. The number of ether oxygens (including phenoxy) is 1. The van der Waals surface area contributed by atoms with Gasteiger partial charge in [0, 0.05) is 31.7 Å². The molecule has 1 aromatic carbocycles. The summed E-state index contributed by atoms with van der Waals surface area (Å²) in [7, 11) is 0. The molecule has 10 nitrogen and oxygen atoms in total. The van der Waals surface area contributed by atoms with E-state index >= 15 is 0 Å². The molecule has 1 amide bonds. The lowest BCUT2D eigenvalue weighted by Crippen LogP contribution is -2.25. The van der Waals surface area contributed by atoms with Gasteiger partial charge in [0.25, 0.3) is 5.09 Å². The molecule has 0 saturated heterocycles. The van der Waals surface area contributed by atoms with E-state index in [1.54, 1.807) is 6.08 Å². The Labute approximate surface area is 230 Å². The van der Waals surface area contributed by atoms with Crippen LogP contribution in [0.25, 0.3) is 0 Å². The molecule has 0 aliphatic heterocycles. The van der Waals surface area contributed by atoms with Crippen molar-refractivity contribution in [3.05, 3.63) is 70.3 Å². The zero-order valence-electron chi connectivity index (χ0n) is 22.7. The van der Waals surface area contributed by atoms with E-state index in [1.807, 2.05) is 55.5 Å². The van der Waals surface area contributed by atoms with Gasteiger partial charge >= 0.3 is 5.97 Å². The van der Waals surface area contributed by atoms with Gasteiger partial charge < -0.3 is 25.1 Å². The van der Waals surface area contributed by atoms with E-state index in [-0.39, 0.29) is 43.6 Å². The number of nitrogens with zero attached hydrogens (tertiary/aromatic N) is 1. The number of aryl methyl sites for hydroxylation is 1. The molecule has 0 unspecified atom stereocenters. The smallest absolute Gasteiger partial charge is 0.306 e. The Bertz CT molecular complexity index is 936. The molecule has 1 aromatic rings. The van der Waals surface area contributed by atoms with Crippen LogP contribution in [0, 0.1) is 22.0 Å². The second kappa shape index (κ2) is 18.1. The number of nitrogens with one attached hydrogen (secondary N) is 1. The van der Waals surface area contributed by atoms with Crippen molar-refractivity contribution in [3.63, 3.8) is 0 Å². The van der Waals surface area contributed by atoms with Crippen LogP contribution in [0.5, 0.6) is 0 Å². The number of amides is 1. The summed E-state index contributed by atoms with van der Waals surface area (Å²) in [6.07, 6.45) is 9.68. The number of carbonyl (C=O) groups is 2. The van der Waals surface area contributed by atoms with Crippen molar-refractivity contribution in [1.29, 1.82) is 0 Å². The molecule has 39 heavy (non-hydrogen) atoms. The highest BCUT2D eigenvalue weighted by Gasteiger charge is 2.42. The van der Waals surface area contributed by atoms with E-state index in [9.17, 15) is 29.9 Å². The Balaban J connectivity index is 1.97. The number of rotatable bonds is 18. The summed E-state index contributed by atoms with van der Waals surface area (Å²) in [6, 6.07) is 9.87. The van der Waals surface area contributed by atoms with Gasteiger partial charge in [0.05, 0.1) is 18.8 Å². The van der Waals surface area contributed by atoms with Crippen molar-refractivity contribution in [2.24, 2.45) is 11.8 Å². The number of hydrogen-bond acceptors (Lipinski definition) is 8. The van der Waals surface area contributed by atoms with Gasteiger partial charge in [-0.25, -0.2) is 0 Å². The maximum Gasteiger partial charge on any atom is 0.306 e. The Kier molecular flexibility index (Phi) is 14.9. The number of aliphatic hydroxyl groups is 2. The Morgan fingerprint density at radius 2 is 1.97 bits per heavy atom. The van der Waals surface area contributed by atoms with E-state index in [1.165, 1.54) is 0 Å². The van der Waals surface area contributed by atoms with E-state index < -0.39 is 29.4 Å². The summed E-state index contributed by atoms with van der Waals surface area (Å²) in [4.78, 5) is 38.5. The van der Waals surface area contributed by atoms with Crippen LogP contribution in [-0.2, 0) is 25.6 Å². The zero-order valence-corrected chi connectivity index (χ0v) is 22.7. The highest BCUT2D eigenvalue weighted by Crippen LogP contribution is 2.38. The van der Waals surface area contributed by atoms with Gasteiger partial charge in [0.1, 0.15) is 6.10 Å². The lowest BCUT2D eigenvalue weighted by Gasteiger charge is -2.22. The quantitative estimate of drug-likeness (QED) is 0.0830. The van der Waals surface area contributed by atoms with Gasteiger partial charge in [0.2, 0.25) is 5.91 Å². The highest BCUT2D eigenvalue weighted by molar-refractivity contribution is 5.75. The number of carbonyl (C=O) groups excluding carboxylic acids is 2. The molecule has 0 aromatic heterocycles. The van der Waals surface area contributed by atoms with Crippen molar-refractivity contribution in [2.75, 3.05) is 13.2 Å². The van der Waals surface area contributed by atoms with Gasteiger partial charge in [-0.2, -0.15) is 0 Å². The molecular formula is C29H42N2O8. The van der Waals surface area contributed by atoms with Crippen LogP contribution in [0.2, 0.25) is 0 Å². The first-order valence-electron chi connectivity index (χ1n) is 13.8. The molecular weight excluding hydrogens is 504 g/mol. The van der Waals surface area contributed by atoms with Crippen molar-refractivity contribution in [2.45, 2.75) is 83.0 Å². The predicted molar refractivity (Wildman–Crippen MR) is 146 cm³/mol. The average Bonchev–Trinajstić information content (AvgIpc) is 3.20. The fraction of sp³-hybridized carbons (Fsp3) is 0.586. The molecule has 10 heteroatoms. The molecule has 5 atom stereocenters. The van der Waals surface area contributed by atoms with Crippen molar-refractivity contribution in [3.8, 4) is 0 Å². The van der Waals surface area contributed by atoms with Crippen molar-refractivity contribution < 1.29 is 34.5 Å². The van der Waals surface area contributed by atoms with E-state index in [0.29, 0.717) is 32.2 Å². The Hall–Kier alpha value is -3.24. The van der Waals surface area contributed by atoms with Crippen LogP contribution >= 0.6 is 0 Å². The minimum Gasteiger partial charge on any atom is -0.462 e.